The molecule has 0 saturated heterocycles. The van der Waals surface area contributed by atoms with Gasteiger partial charge < -0.3 is 43.7 Å². The number of anilines is 4. The summed E-state index contributed by atoms with van der Waals surface area (Å²) in [6, 6.07) is 7.60. The number of hydrogen-bond acceptors (Lipinski definition) is 14. The highest BCUT2D eigenvalue weighted by molar-refractivity contribution is 7.17. The third kappa shape index (κ3) is 6.99. The molecule has 1 aliphatic heterocycles. The zero-order chi connectivity index (χ0) is 33.7. The summed E-state index contributed by atoms with van der Waals surface area (Å²) in [5.74, 6) is 3.84. The summed E-state index contributed by atoms with van der Waals surface area (Å²) in [6.07, 6.45) is 1.62. The molecule has 0 radical (unpaired) electrons. The third-order valence-corrected chi connectivity index (χ3v) is 8.69. The number of hydrogen-bond donors (Lipinski definition) is 3. The predicted molar refractivity (Wildman–Crippen MR) is 178 cm³/mol. The van der Waals surface area contributed by atoms with Gasteiger partial charge in [0.1, 0.15) is 16.5 Å². The quantitative estimate of drug-likeness (QED) is 0.159. The van der Waals surface area contributed by atoms with Crippen molar-refractivity contribution in [2.75, 3.05) is 64.7 Å². The predicted octanol–water partition coefficient (Wildman–Crippen LogP) is 5.30. The normalized spacial score (nSPS) is 12.2. The summed E-state index contributed by atoms with van der Waals surface area (Å²) in [5.41, 5.74) is 3.18. The van der Waals surface area contributed by atoms with Gasteiger partial charge in [0.25, 0.3) is 0 Å². The SMILES string of the molecule is COc1cc(CNc2nc(Nc3nc(C)c(C(=O)O)s3)nc3c2CCCN3Cc2cc(OC)c(OC)c(OC)c2)cc(OC)c1OC. The molecule has 0 fully saturated rings. The highest BCUT2D eigenvalue weighted by Crippen LogP contribution is 2.41. The molecule has 47 heavy (non-hydrogen) atoms. The van der Waals surface area contributed by atoms with Crippen molar-refractivity contribution >= 4 is 40.0 Å². The number of carbonyl (C=O) groups is 1. The summed E-state index contributed by atoms with van der Waals surface area (Å²) >= 11 is 1.03. The fourth-order valence-electron chi connectivity index (χ4n) is 5.49. The number of ether oxygens (including phenoxy) is 6. The van der Waals surface area contributed by atoms with E-state index in [2.05, 4.69) is 20.5 Å². The molecule has 4 aromatic rings. The van der Waals surface area contributed by atoms with Crippen LogP contribution in [0, 0.1) is 6.92 Å². The number of carboxylic acid groups (broad SMARTS) is 1. The number of nitrogens with zero attached hydrogens (tertiary/aromatic N) is 4. The van der Waals surface area contributed by atoms with E-state index in [1.54, 1.807) is 49.6 Å². The Kier molecular flexibility index (Phi) is 10.2. The Morgan fingerprint density at radius 3 is 1.94 bits per heavy atom. The van der Waals surface area contributed by atoms with Crippen LogP contribution in [-0.2, 0) is 19.5 Å². The van der Waals surface area contributed by atoms with Gasteiger partial charge in [0.15, 0.2) is 28.1 Å². The summed E-state index contributed by atoms with van der Waals surface area (Å²) in [6.45, 7) is 3.30. The Bertz CT molecular complexity index is 1710. The lowest BCUT2D eigenvalue weighted by Crippen LogP contribution is -2.31. The van der Waals surface area contributed by atoms with E-state index in [-0.39, 0.29) is 10.8 Å². The van der Waals surface area contributed by atoms with Crippen molar-refractivity contribution < 1.29 is 38.3 Å². The molecule has 0 atom stereocenters. The van der Waals surface area contributed by atoms with Crippen LogP contribution in [0.4, 0.5) is 22.7 Å². The molecule has 0 spiro atoms. The minimum absolute atomic E-state index is 0.148. The molecule has 0 amide bonds. The monoisotopic (exact) mass is 666 g/mol. The number of aromatic nitrogens is 3. The molecular formula is C32H38N6O8S. The van der Waals surface area contributed by atoms with Crippen molar-refractivity contribution in [3.63, 3.8) is 0 Å². The van der Waals surface area contributed by atoms with E-state index in [0.29, 0.717) is 64.2 Å². The number of nitrogens with one attached hydrogen (secondary N) is 2. The molecule has 14 nitrogen and oxygen atoms in total. The zero-order valence-electron chi connectivity index (χ0n) is 27.3. The summed E-state index contributed by atoms with van der Waals surface area (Å²) in [4.78, 5) is 28.1. The van der Waals surface area contributed by atoms with Gasteiger partial charge in [-0.05, 0) is 55.2 Å². The summed E-state index contributed by atoms with van der Waals surface area (Å²) in [5, 5.41) is 16.6. The maximum Gasteiger partial charge on any atom is 0.347 e. The van der Waals surface area contributed by atoms with Crippen LogP contribution in [0.5, 0.6) is 34.5 Å². The first-order valence-electron chi connectivity index (χ1n) is 14.7. The van der Waals surface area contributed by atoms with Crippen molar-refractivity contribution in [1.82, 2.24) is 15.0 Å². The van der Waals surface area contributed by atoms with Crippen molar-refractivity contribution in [2.24, 2.45) is 0 Å². The van der Waals surface area contributed by atoms with Crippen molar-refractivity contribution in [1.29, 1.82) is 0 Å². The maximum atomic E-state index is 11.7. The number of thiazole rings is 1. The van der Waals surface area contributed by atoms with E-state index in [4.69, 9.17) is 38.4 Å². The molecule has 2 aromatic heterocycles. The van der Waals surface area contributed by atoms with Gasteiger partial charge in [0.05, 0.1) is 48.4 Å². The number of fused-ring (bicyclic) bond motifs is 1. The van der Waals surface area contributed by atoms with Crippen LogP contribution in [0.15, 0.2) is 24.3 Å². The Balaban J connectivity index is 1.53. The van der Waals surface area contributed by atoms with E-state index in [9.17, 15) is 9.90 Å². The Hall–Kier alpha value is -5.18. The standard InChI is InChI=1S/C32H38N6O8S/c1-17-27(30(39)40)47-32(34-17)37-31-35-28(33-15-18-11-21(41-2)25(45-6)22(12-18)42-3)20-9-8-10-38(29(20)36-31)16-19-13-23(43-4)26(46-7)24(14-19)44-5/h11-14H,8-10,15-16H2,1-7H3,(H,39,40)(H2,33,34,35,36,37). The molecule has 0 unspecified atom stereocenters. The molecule has 15 heteroatoms. The van der Waals surface area contributed by atoms with E-state index in [0.717, 1.165) is 53.2 Å². The van der Waals surface area contributed by atoms with Crippen LogP contribution >= 0.6 is 11.3 Å². The number of aromatic carboxylic acids is 1. The Labute approximate surface area is 276 Å². The number of benzene rings is 2. The van der Waals surface area contributed by atoms with Crippen molar-refractivity contribution in [2.45, 2.75) is 32.9 Å². The van der Waals surface area contributed by atoms with Crippen LogP contribution in [0.3, 0.4) is 0 Å². The first-order chi connectivity index (χ1) is 22.7. The lowest BCUT2D eigenvalue weighted by Gasteiger charge is -2.32. The van der Waals surface area contributed by atoms with Gasteiger partial charge in [-0.1, -0.05) is 11.3 Å². The Morgan fingerprint density at radius 2 is 1.43 bits per heavy atom. The molecule has 250 valence electrons. The summed E-state index contributed by atoms with van der Waals surface area (Å²) < 4.78 is 33.3. The third-order valence-electron chi connectivity index (χ3n) is 7.63. The van der Waals surface area contributed by atoms with Gasteiger partial charge >= 0.3 is 5.97 Å². The molecule has 2 aromatic carbocycles. The average molecular weight is 667 g/mol. The largest absolute Gasteiger partial charge is 0.493 e. The minimum atomic E-state index is -1.04. The zero-order valence-corrected chi connectivity index (χ0v) is 28.2. The molecule has 3 N–H and O–H groups in total. The van der Waals surface area contributed by atoms with E-state index in [1.807, 2.05) is 24.3 Å². The highest BCUT2D eigenvalue weighted by atomic mass is 32.1. The first-order valence-corrected chi connectivity index (χ1v) is 15.5. The van der Waals surface area contributed by atoms with Crippen LogP contribution in [-0.4, -0.2) is 75.2 Å². The molecule has 0 saturated carbocycles. The minimum Gasteiger partial charge on any atom is -0.493 e. The maximum absolute atomic E-state index is 11.7. The number of rotatable bonds is 14. The van der Waals surface area contributed by atoms with E-state index in [1.165, 1.54) is 0 Å². The van der Waals surface area contributed by atoms with Gasteiger partial charge in [-0.3, -0.25) is 5.32 Å². The number of methoxy groups -OCH3 is 6. The summed E-state index contributed by atoms with van der Waals surface area (Å²) in [7, 11) is 9.46. The van der Waals surface area contributed by atoms with E-state index >= 15 is 0 Å². The van der Waals surface area contributed by atoms with E-state index < -0.39 is 5.97 Å². The molecule has 3 heterocycles. The molecule has 1 aliphatic rings. The Morgan fingerprint density at radius 1 is 0.851 bits per heavy atom. The van der Waals surface area contributed by atoms with Gasteiger partial charge in [-0.15, -0.1) is 0 Å². The number of carboxylic acids is 1. The molecule has 0 aliphatic carbocycles. The average Bonchev–Trinajstić information content (AvgIpc) is 3.45. The lowest BCUT2D eigenvalue weighted by atomic mass is 10.0. The number of aryl methyl sites for hydroxylation is 1. The molecule has 0 bridgehead atoms. The van der Waals surface area contributed by atoms with Crippen LogP contribution < -0.4 is 44.0 Å². The van der Waals surface area contributed by atoms with Gasteiger partial charge in [-0.2, -0.15) is 9.97 Å². The second-order valence-corrected chi connectivity index (χ2v) is 11.5. The van der Waals surface area contributed by atoms with Gasteiger partial charge in [0.2, 0.25) is 17.4 Å². The van der Waals surface area contributed by atoms with Crippen LogP contribution in [0.2, 0.25) is 0 Å². The van der Waals surface area contributed by atoms with Crippen molar-refractivity contribution in [3.05, 3.63) is 51.5 Å². The molecule has 5 rings (SSSR count). The van der Waals surface area contributed by atoms with Crippen molar-refractivity contribution in [3.8, 4) is 34.5 Å². The highest BCUT2D eigenvalue weighted by Gasteiger charge is 2.26. The smallest absolute Gasteiger partial charge is 0.347 e. The second kappa shape index (κ2) is 14.5. The fraction of sp³-hybridized carbons (Fsp3) is 0.375. The molecular weight excluding hydrogens is 628 g/mol. The van der Waals surface area contributed by atoms with Crippen LogP contribution in [0.25, 0.3) is 0 Å². The van der Waals surface area contributed by atoms with Gasteiger partial charge in [0, 0.05) is 25.2 Å². The first kappa shape index (κ1) is 33.2. The lowest BCUT2D eigenvalue weighted by molar-refractivity contribution is 0.0701. The second-order valence-electron chi connectivity index (χ2n) is 10.5. The van der Waals surface area contributed by atoms with Gasteiger partial charge in [-0.25, -0.2) is 9.78 Å². The topological polar surface area (TPSA) is 159 Å². The van der Waals surface area contributed by atoms with Crippen LogP contribution in [0.1, 0.15) is 38.5 Å². The fourth-order valence-corrected chi connectivity index (χ4v) is 6.29.